The molecule has 4 rings (SSSR count). The van der Waals surface area contributed by atoms with E-state index in [1.165, 1.54) is 38.3 Å². The monoisotopic (exact) mass is 413 g/mol. The van der Waals surface area contributed by atoms with Crippen molar-refractivity contribution in [1.82, 2.24) is 25.3 Å². The van der Waals surface area contributed by atoms with Gasteiger partial charge in [-0.1, -0.05) is 24.5 Å². The second-order valence-corrected chi connectivity index (χ2v) is 8.41. The van der Waals surface area contributed by atoms with Gasteiger partial charge in [-0.05, 0) is 44.2 Å². The highest BCUT2D eigenvalue weighted by molar-refractivity contribution is 5.94. The van der Waals surface area contributed by atoms with Gasteiger partial charge in [-0.2, -0.15) is 0 Å². The highest BCUT2D eigenvalue weighted by Crippen LogP contribution is 2.31. The summed E-state index contributed by atoms with van der Waals surface area (Å²) in [5.41, 5.74) is 1.63. The highest BCUT2D eigenvalue weighted by Gasteiger charge is 2.32. The van der Waals surface area contributed by atoms with Gasteiger partial charge in [-0.15, -0.1) is 5.10 Å². The van der Waals surface area contributed by atoms with Gasteiger partial charge in [0.15, 0.2) is 0 Å². The van der Waals surface area contributed by atoms with E-state index in [9.17, 15) is 9.90 Å². The summed E-state index contributed by atoms with van der Waals surface area (Å²) in [6, 6.07) is 3.25. The van der Waals surface area contributed by atoms with Crippen molar-refractivity contribution in [2.24, 2.45) is 0 Å². The van der Waals surface area contributed by atoms with E-state index in [4.69, 9.17) is 4.74 Å². The number of aryl methyl sites for hydroxylation is 1. The van der Waals surface area contributed by atoms with Crippen LogP contribution in [0, 0.1) is 0 Å². The number of carbonyl (C=O) groups is 1. The largest absolute Gasteiger partial charge is 0.394 e. The van der Waals surface area contributed by atoms with Gasteiger partial charge in [0.25, 0.3) is 5.91 Å². The SMILES string of the molecule is O=C(N[C@@H]1CC[C@@H](CCn2cc(C3CCCCC3)nn2)O[C@H]1CO)c1cccnc1. The summed E-state index contributed by atoms with van der Waals surface area (Å²) in [6.07, 6.45) is 13.6. The second-order valence-electron chi connectivity index (χ2n) is 8.41. The van der Waals surface area contributed by atoms with E-state index in [2.05, 4.69) is 26.8 Å². The molecule has 1 aliphatic heterocycles. The van der Waals surface area contributed by atoms with Gasteiger partial charge in [0, 0.05) is 31.1 Å². The summed E-state index contributed by atoms with van der Waals surface area (Å²) < 4.78 is 8.00. The number of pyridine rings is 1. The van der Waals surface area contributed by atoms with Crippen molar-refractivity contribution in [2.45, 2.75) is 82.1 Å². The maximum atomic E-state index is 12.4. The molecule has 0 radical (unpaired) electrons. The normalized spacial score (nSPS) is 25.2. The van der Waals surface area contributed by atoms with E-state index in [1.54, 1.807) is 18.3 Å². The average Bonchev–Trinajstić information content (AvgIpc) is 3.28. The molecule has 8 heteroatoms. The van der Waals surface area contributed by atoms with E-state index in [-0.39, 0.29) is 24.7 Å². The van der Waals surface area contributed by atoms with Gasteiger partial charge in [0.2, 0.25) is 0 Å². The van der Waals surface area contributed by atoms with Gasteiger partial charge < -0.3 is 15.2 Å². The Kier molecular flexibility index (Phi) is 7.07. The number of carbonyl (C=O) groups excluding carboxylic acids is 1. The number of amides is 1. The Balaban J connectivity index is 1.26. The number of hydrogen-bond acceptors (Lipinski definition) is 6. The third-order valence-corrected chi connectivity index (χ3v) is 6.30. The molecule has 2 aliphatic rings. The number of aliphatic hydroxyl groups excluding tert-OH is 1. The first-order valence-electron chi connectivity index (χ1n) is 11.1. The molecule has 2 aromatic heterocycles. The first kappa shape index (κ1) is 20.9. The van der Waals surface area contributed by atoms with E-state index in [0.29, 0.717) is 11.5 Å². The van der Waals surface area contributed by atoms with Crippen LogP contribution in [-0.4, -0.2) is 55.8 Å². The second kappa shape index (κ2) is 10.1. The fourth-order valence-electron chi connectivity index (χ4n) is 4.54. The topological polar surface area (TPSA) is 102 Å². The van der Waals surface area contributed by atoms with Crippen molar-refractivity contribution in [1.29, 1.82) is 0 Å². The predicted molar refractivity (Wildman–Crippen MR) is 111 cm³/mol. The number of hydrogen-bond donors (Lipinski definition) is 2. The minimum atomic E-state index is -0.405. The van der Waals surface area contributed by atoms with Crippen LogP contribution >= 0.6 is 0 Å². The zero-order valence-corrected chi connectivity index (χ0v) is 17.3. The van der Waals surface area contributed by atoms with Crippen LogP contribution in [0.5, 0.6) is 0 Å². The van der Waals surface area contributed by atoms with Crippen LogP contribution < -0.4 is 5.32 Å². The molecule has 2 N–H and O–H groups in total. The lowest BCUT2D eigenvalue weighted by Crippen LogP contribution is -2.51. The third kappa shape index (κ3) is 5.23. The van der Waals surface area contributed by atoms with Gasteiger partial charge in [0.05, 0.1) is 30.0 Å². The lowest BCUT2D eigenvalue weighted by molar-refractivity contribution is -0.0912. The van der Waals surface area contributed by atoms with Gasteiger partial charge in [0.1, 0.15) is 6.10 Å². The quantitative estimate of drug-likeness (QED) is 0.723. The standard InChI is InChI=1S/C22H31N5O3/c28-15-21-19(24-22(29)17-7-4-11-23-13-17)9-8-18(30-21)10-12-27-14-20(25-26-27)16-5-2-1-3-6-16/h4,7,11,13-14,16,18-19,21,28H,1-3,5-6,8-10,12,15H2,(H,24,29)/t18-,19+,21-/m0/s1. The minimum Gasteiger partial charge on any atom is -0.394 e. The minimum absolute atomic E-state index is 0.0380. The van der Waals surface area contributed by atoms with Crippen LogP contribution in [0.25, 0.3) is 0 Å². The molecule has 0 bridgehead atoms. The summed E-state index contributed by atoms with van der Waals surface area (Å²) in [5.74, 6) is 0.368. The number of nitrogens with one attached hydrogen (secondary N) is 1. The Morgan fingerprint density at radius 3 is 2.87 bits per heavy atom. The zero-order chi connectivity index (χ0) is 20.8. The summed E-state index contributed by atoms with van der Waals surface area (Å²) in [4.78, 5) is 16.4. The Bertz CT molecular complexity index is 806. The first-order chi connectivity index (χ1) is 14.7. The zero-order valence-electron chi connectivity index (χ0n) is 17.3. The molecule has 0 unspecified atom stereocenters. The Morgan fingerprint density at radius 2 is 2.10 bits per heavy atom. The molecule has 8 nitrogen and oxygen atoms in total. The number of nitrogens with zero attached hydrogens (tertiary/aromatic N) is 4. The van der Waals surface area contributed by atoms with Crippen molar-refractivity contribution in [3.05, 3.63) is 42.0 Å². The molecule has 3 heterocycles. The smallest absolute Gasteiger partial charge is 0.253 e. The number of aliphatic hydroxyl groups is 1. The molecule has 2 aromatic rings. The number of rotatable bonds is 7. The molecule has 1 aliphatic carbocycles. The van der Waals surface area contributed by atoms with Crippen molar-refractivity contribution >= 4 is 5.91 Å². The molecular formula is C22H31N5O3. The summed E-state index contributed by atoms with van der Waals surface area (Å²) in [7, 11) is 0. The number of aromatic nitrogens is 4. The van der Waals surface area contributed by atoms with E-state index < -0.39 is 6.10 Å². The molecule has 30 heavy (non-hydrogen) atoms. The molecule has 0 spiro atoms. The molecule has 1 amide bonds. The molecule has 162 valence electrons. The van der Waals surface area contributed by atoms with Crippen LogP contribution in [0.15, 0.2) is 30.7 Å². The molecule has 3 atom stereocenters. The van der Waals surface area contributed by atoms with E-state index >= 15 is 0 Å². The lowest BCUT2D eigenvalue weighted by Gasteiger charge is -2.36. The maximum absolute atomic E-state index is 12.4. The van der Waals surface area contributed by atoms with Crippen LogP contribution in [-0.2, 0) is 11.3 Å². The highest BCUT2D eigenvalue weighted by atomic mass is 16.5. The third-order valence-electron chi connectivity index (χ3n) is 6.30. The van der Waals surface area contributed by atoms with Crippen molar-refractivity contribution in [3.63, 3.8) is 0 Å². The van der Waals surface area contributed by atoms with Crippen molar-refractivity contribution < 1.29 is 14.6 Å². The molecular weight excluding hydrogens is 382 g/mol. The predicted octanol–water partition coefficient (Wildman–Crippen LogP) is 2.45. The Hall–Kier alpha value is -2.32. The van der Waals surface area contributed by atoms with Crippen LogP contribution in [0.2, 0.25) is 0 Å². The fraction of sp³-hybridized carbons (Fsp3) is 0.636. The van der Waals surface area contributed by atoms with E-state index in [1.807, 2.05) is 4.68 Å². The number of ether oxygens (including phenoxy) is 1. The Morgan fingerprint density at radius 1 is 1.23 bits per heavy atom. The molecule has 1 saturated carbocycles. The summed E-state index contributed by atoms with van der Waals surface area (Å²) in [6.45, 7) is 0.624. The molecule has 2 fully saturated rings. The molecule has 0 aromatic carbocycles. The summed E-state index contributed by atoms with van der Waals surface area (Å²) >= 11 is 0. The maximum Gasteiger partial charge on any atom is 0.253 e. The first-order valence-corrected chi connectivity index (χ1v) is 11.1. The van der Waals surface area contributed by atoms with Crippen LogP contribution in [0.1, 0.15) is 73.3 Å². The lowest BCUT2D eigenvalue weighted by atomic mass is 9.87. The van der Waals surface area contributed by atoms with Crippen LogP contribution in [0.4, 0.5) is 0 Å². The average molecular weight is 414 g/mol. The Labute approximate surface area is 177 Å². The van der Waals surface area contributed by atoms with Crippen molar-refractivity contribution in [3.8, 4) is 0 Å². The fourth-order valence-corrected chi connectivity index (χ4v) is 4.54. The van der Waals surface area contributed by atoms with Gasteiger partial charge >= 0.3 is 0 Å². The van der Waals surface area contributed by atoms with Crippen LogP contribution in [0.3, 0.4) is 0 Å². The summed E-state index contributed by atoms with van der Waals surface area (Å²) in [5, 5.41) is 21.4. The van der Waals surface area contributed by atoms with E-state index in [0.717, 1.165) is 31.5 Å². The van der Waals surface area contributed by atoms with Gasteiger partial charge in [-0.3, -0.25) is 14.5 Å². The molecule has 1 saturated heterocycles. The van der Waals surface area contributed by atoms with Gasteiger partial charge in [-0.25, -0.2) is 0 Å². The van der Waals surface area contributed by atoms with Crippen molar-refractivity contribution in [2.75, 3.05) is 6.61 Å².